The number of fused-ring (bicyclic) bond motifs is 1. The molecule has 0 aliphatic carbocycles. The minimum atomic E-state index is -4.67. The van der Waals surface area contributed by atoms with Crippen molar-refractivity contribution in [2.24, 2.45) is 7.05 Å². The van der Waals surface area contributed by atoms with Crippen LogP contribution in [0.25, 0.3) is 10.9 Å². The van der Waals surface area contributed by atoms with Crippen molar-refractivity contribution in [3.05, 3.63) is 23.4 Å². The van der Waals surface area contributed by atoms with Gasteiger partial charge in [0.2, 0.25) is 0 Å². The first-order valence-corrected chi connectivity index (χ1v) is 7.24. The number of hydrogen-bond donors (Lipinski definition) is 2. The van der Waals surface area contributed by atoms with Crippen LogP contribution in [0.1, 0.15) is 0 Å². The number of halogens is 1. The zero-order valence-corrected chi connectivity index (χ0v) is 12.7. The van der Waals surface area contributed by atoms with Crippen molar-refractivity contribution in [2.45, 2.75) is 0 Å². The van der Waals surface area contributed by atoms with E-state index in [4.69, 9.17) is 29.1 Å². The van der Waals surface area contributed by atoms with Crippen molar-refractivity contribution in [2.75, 3.05) is 0 Å². The summed E-state index contributed by atoms with van der Waals surface area (Å²) in [6, 6.07) is 4.06. The number of rotatable bonds is 0. The van der Waals surface area contributed by atoms with Crippen molar-refractivity contribution in [1.82, 2.24) is 9.78 Å². The second kappa shape index (κ2) is 5.66. The summed E-state index contributed by atoms with van der Waals surface area (Å²) in [5.74, 6) is 0. The Morgan fingerprint density at radius 3 is 2.47 bits per heavy atom. The maximum absolute atomic E-state index is 8.74. The Bertz CT molecular complexity index is 632. The van der Waals surface area contributed by atoms with Gasteiger partial charge in [0.15, 0.2) is 0 Å². The van der Waals surface area contributed by atoms with Gasteiger partial charge in [0.25, 0.3) is 0 Å². The Hall–Kier alpha value is -0.150. The van der Waals surface area contributed by atoms with E-state index in [1.807, 2.05) is 25.4 Å². The van der Waals surface area contributed by atoms with E-state index >= 15 is 0 Å². The van der Waals surface area contributed by atoms with Gasteiger partial charge in [0, 0.05) is 0 Å². The van der Waals surface area contributed by atoms with Crippen LogP contribution in [0.2, 0.25) is 5.02 Å². The molecule has 0 unspecified atom stereocenters. The molecule has 0 spiro atoms. The summed E-state index contributed by atoms with van der Waals surface area (Å²) in [6.07, 6.45) is 1.96. The molecule has 0 bridgehead atoms. The molecule has 0 fully saturated rings. The van der Waals surface area contributed by atoms with Crippen molar-refractivity contribution in [3.63, 3.8) is 0 Å². The Labute approximate surface area is 121 Å². The molecule has 1 aromatic carbocycles. The summed E-state index contributed by atoms with van der Waals surface area (Å²) in [5, 5.41) is 6.19. The summed E-state index contributed by atoms with van der Waals surface area (Å²) in [4.78, 5) is 0. The fourth-order valence-corrected chi connectivity index (χ4v) is 1.93. The van der Waals surface area contributed by atoms with Gasteiger partial charge >= 0.3 is 104 Å². The topological polar surface area (TPSA) is 92.4 Å². The third-order valence-electron chi connectivity index (χ3n) is 1.93. The first kappa shape index (κ1) is 14.9. The van der Waals surface area contributed by atoms with Gasteiger partial charge in [-0.15, -0.1) is 0 Å². The molecule has 2 rings (SSSR count). The molecule has 0 saturated heterocycles. The molecule has 2 N–H and O–H groups in total. The zero-order valence-electron chi connectivity index (χ0n) is 9.12. The quantitative estimate of drug-likeness (QED) is 0.539. The molecule has 0 amide bonds. The third-order valence-corrected chi connectivity index (χ3v) is 3.58. The second-order valence-corrected chi connectivity index (χ2v) is 5.73. The molecule has 2 aromatic rings. The van der Waals surface area contributed by atoms with Crippen LogP contribution < -0.4 is 2.81 Å². The fourth-order valence-electron chi connectivity index (χ4n) is 1.29. The normalized spacial score (nSPS) is 11.2. The number of benzene rings is 1. The molecule has 0 aliphatic rings. The molecule has 0 atom stereocenters. The molecule has 9 heteroatoms. The van der Waals surface area contributed by atoms with Crippen molar-refractivity contribution < 1.29 is 17.5 Å². The van der Waals surface area contributed by atoms with Crippen LogP contribution in [0.15, 0.2) is 18.3 Å². The van der Waals surface area contributed by atoms with Crippen molar-refractivity contribution in [1.29, 1.82) is 0 Å². The predicted molar refractivity (Wildman–Crippen MR) is 65.3 cm³/mol. The fraction of sp³-hybridized carbons (Fsp3) is 0.125. The monoisotopic (exact) mass is 286 g/mol. The van der Waals surface area contributed by atoms with E-state index in [0.29, 0.717) is 0 Å². The molecule has 0 saturated carbocycles. The van der Waals surface area contributed by atoms with E-state index in [1.54, 1.807) is 4.68 Å². The largest absolute Gasteiger partial charge is 0.394 e. The molecule has 1 aromatic heterocycles. The van der Waals surface area contributed by atoms with Crippen molar-refractivity contribution in [3.8, 4) is 0 Å². The smallest absolute Gasteiger partial charge is 0.264 e. The molecule has 88 valence electrons. The summed E-state index contributed by atoms with van der Waals surface area (Å²) in [7, 11) is -2.76. The van der Waals surface area contributed by atoms with Gasteiger partial charge in [-0.25, -0.2) is 0 Å². The number of nitrogens with zero attached hydrogens (tertiary/aromatic N) is 2. The van der Waals surface area contributed by atoms with Crippen LogP contribution >= 0.6 is 11.6 Å². The zero-order chi connectivity index (χ0) is 13.2. The van der Waals surface area contributed by atoms with E-state index in [0.717, 1.165) is 43.9 Å². The Morgan fingerprint density at radius 2 is 1.94 bits per heavy atom. The summed E-state index contributed by atoms with van der Waals surface area (Å²) in [6.45, 7) is 0. The molecule has 6 nitrogen and oxygen atoms in total. The second-order valence-electron chi connectivity index (χ2n) is 3.38. The maximum Gasteiger partial charge on any atom is 0.394 e. The average Bonchev–Trinajstić information content (AvgIpc) is 2.51. The molecule has 1 heterocycles. The van der Waals surface area contributed by atoms with Gasteiger partial charge < -0.3 is 0 Å². The van der Waals surface area contributed by atoms with Crippen LogP contribution in [0.4, 0.5) is 0 Å². The number of hydrogen-bond acceptors (Lipinski definition) is 3. The molecular formula is C8H8ClN2NaO4S. The summed E-state index contributed by atoms with van der Waals surface area (Å²) in [5.41, 5.74) is 0.974. The van der Waals surface area contributed by atoms with Gasteiger partial charge in [0.05, 0.1) is 0 Å². The molecule has 0 radical (unpaired) electrons. The van der Waals surface area contributed by atoms with Gasteiger partial charge in [-0.1, -0.05) is 0 Å². The van der Waals surface area contributed by atoms with E-state index in [2.05, 4.69) is 5.10 Å². The van der Waals surface area contributed by atoms with E-state index in [9.17, 15) is 0 Å². The Balaban J connectivity index is 0.000000249. The number of aryl methyl sites for hydroxylation is 1. The predicted octanol–water partition coefficient (Wildman–Crippen LogP) is 0.368. The first-order chi connectivity index (χ1) is 7.68. The molecular weight excluding hydrogens is 279 g/mol. The van der Waals surface area contributed by atoms with Gasteiger partial charge in [0.1, 0.15) is 0 Å². The Morgan fingerprint density at radius 1 is 1.41 bits per heavy atom. The third kappa shape index (κ3) is 4.92. The first-order valence-electron chi connectivity index (χ1n) is 4.47. The van der Waals surface area contributed by atoms with Crippen LogP contribution in [0.5, 0.6) is 0 Å². The van der Waals surface area contributed by atoms with E-state index in [1.165, 1.54) is 2.81 Å². The van der Waals surface area contributed by atoms with Crippen LogP contribution in [-0.2, 0) is 17.4 Å². The summed E-state index contributed by atoms with van der Waals surface area (Å²) >= 11 is 7.11. The number of aromatic nitrogens is 2. The SMILES string of the molecule is Cn1cc2c(Cl)[c]([Na])ccc2n1.O=S(=O)(O)O. The average molecular weight is 287 g/mol. The molecule has 0 aliphatic heterocycles. The van der Waals surface area contributed by atoms with Crippen LogP contribution in [0, 0.1) is 0 Å². The maximum atomic E-state index is 8.74. The minimum Gasteiger partial charge on any atom is -0.264 e. The van der Waals surface area contributed by atoms with E-state index in [-0.39, 0.29) is 0 Å². The van der Waals surface area contributed by atoms with Crippen LogP contribution in [0.3, 0.4) is 0 Å². The van der Waals surface area contributed by atoms with Gasteiger partial charge in [-0.05, 0) is 0 Å². The van der Waals surface area contributed by atoms with E-state index < -0.39 is 10.4 Å². The summed E-state index contributed by atoms with van der Waals surface area (Å²) < 4.78 is 34.6. The van der Waals surface area contributed by atoms with Crippen molar-refractivity contribution >= 4 is 63.6 Å². The van der Waals surface area contributed by atoms with Crippen LogP contribution in [-0.4, -0.2) is 55.2 Å². The molecule has 17 heavy (non-hydrogen) atoms. The van der Waals surface area contributed by atoms with Gasteiger partial charge in [-0.2, -0.15) is 8.42 Å². The standard InChI is InChI=1S/C8H6ClN2.Na.H2O4S/c1-11-5-6-7(9)3-2-4-8(6)10-11;;1-5(2,3)4/h2,4-5H,1H3;;(H2,1,2,3,4). The minimum absolute atomic E-state index is 0.868. The Kier molecular flexibility index (Phi) is 4.96. The van der Waals surface area contributed by atoms with Gasteiger partial charge in [-0.3, -0.25) is 9.11 Å².